The molecule has 0 saturated heterocycles. The van der Waals surface area contributed by atoms with Gasteiger partial charge in [-0.25, -0.2) is 0 Å². The molecule has 0 saturated carbocycles. The number of ketones is 1. The maximum atomic E-state index is 12.0. The predicted molar refractivity (Wildman–Crippen MR) is 81.4 cm³/mol. The van der Waals surface area contributed by atoms with Crippen LogP contribution < -0.4 is 4.74 Å². The third-order valence-electron chi connectivity index (χ3n) is 3.22. The normalized spacial score (nSPS) is 10.6. The van der Waals surface area contributed by atoms with E-state index in [4.69, 9.17) is 4.74 Å². The van der Waals surface area contributed by atoms with Crippen LogP contribution in [0.5, 0.6) is 5.75 Å². The minimum Gasteiger partial charge on any atom is -0.493 e. The monoisotopic (exact) mass is 268 g/mol. The van der Waals surface area contributed by atoms with Crippen molar-refractivity contribution in [3.05, 3.63) is 65.7 Å². The molecular formula is C18H20O2. The van der Waals surface area contributed by atoms with E-state index in [9.17, 15) is 4.79 Å². The largest absolute Gasteiger partial charge is 0.493 e. The van der Waals surface area contributed by atoms with Crippen LogP contribution in [0.15, 0.2) is 54.6 Å². The van der Waals surface area contributed by atoms with E-state index < -0.39 is 0 Å². The van der Waals surface area contributed by atoms with Gasteiger partial charge >= 0.3 is 0 Å². The molecule has 20 heavy (non-hydrogen) atoms. The van der Waals surface area contributed by atoms with Crippen LogP contribution in [-0.2, 0) is 0 Å². The molecule has 0 aromatic heterocycles. The van der Waals surface area contributed by atoms with Crippen LogP contribution in [0.4, 0.5) is 0 Å². The summed E-state index contributed by atoms with van der Waals surface area (Å²) in [5.74, 6) is 1.41. The van der Waals surface area contributed by atoms with E-state index in [0.29, 0.717) is 18.9 Å². The highest BCUT2D eigenvalue weighted by atomic mass is 16.5. The molecule has 104 valence electrons. The van der Waals surface area contributed by atoms with Crippen LogP contribution in [0.25, 0.3) is 0 Å². The SMILES string of the molecule is CC(C)c1ccccc1OCCC(=O)c1ccccc1. The van der Waals surface area contributed by atoms with E-state index in [1.54, 1.807) is 0 Å². The second-order valence-corrected chi connectivity index (χ2v) is 5.08. The molecule has 0 bridgehead atoms. The maximum absolute atomic E-state index is 12.0. The standard InChI is InChI=1S/C18H20O2/c1-14(2)16-10-6-7-11-18(16)20-13-12-17(19)15-8-4-3-5-9-15/h3-11,14H,12-13H2,1-2H3. The molecule has 0 amide bonds. The van der Waals surface area contributed by atoms with Gasteiger partial charge in [0, 0.05) is 12.0 Å². The third kappa shape index (κ3) is 3.70. The fraction of sp³-hybridized carbons (Fsp3) is 0.278. The number of rotatable bonds is 6. The Morgan fingerprint density at radius 2 is 1.65 bits per heavy atom. The van der Waals surface area contributed by atoms with E-state index in [1.807, 2.05) is 48.5 Å². The van der Waals surface area contributed by atoms with Crippen LogP contribution in [-0.4, -0.2) is 12.4 Å². The molecule has 0 aliphatic carbocycles. The molecule has 2 nitrogen and oxygen atoms in total. The minimum absolute atomic E-state index is 0.118. The number of hydrogen-bond donors (Lipinski definition) is 0. The number of carbonyl (C=O) groups excluding carboxylic acids is 1. The van der Waals surface area contributed by atoms with Crippen molar-refractivity contribution in [3.63, 3.8) is 0 Å². The number of carbonyl (C=O) groups is 1. The smallest absolute Gasteiger partial charge is 0.166 e. The fourth-order valence-corrected chi connectivity index (χ4v) is 2.11. The van der Waals surface area contributed by atoms with Crippen molar-refractivity contribution in [2.75, 3.05) is 6.61 Å². The molecule has 0 fully saturated rings. The Hall–Kier alpha value is -2.09. The van der Waals surface area contributed by atoms with E-state index >= 15 is 0 Å². The van der Waals surface area contributed by atoms with E-state index in [-0.39, 0.29) is 5.78 Å². The molecule has 2 aromatic rings. The number of Topliss-reactive ketones (excluding diaryl/α,β-unsaturated/α-hetero) is 1. The van der Waals surface area contributed by atoms with Gasteiger partial charge in [-0.15, -0.1) is 0 Å². The van der Waals surface area contributed by atoms with Crippen molar-refractivity contribution in [3.8, 4) is 5.75 Å². The van der Waals surface area contributed by atoms with Crippen LogP contribution in [0.2, 0.25) is 0 Å². The van der Waals surface area contributed by atoms with Gasteiger partial charge in [-0.2, -0.15) is 0 Å². The minimum atomic E-state index is 0.118. The lowest BCUT2D eigenvalue weighted by molar-refractivity contribution is 0.0962. The summed E-state index contributed by atoms with van der Waals surface area (Å²) >= 11 is 0. The summed E-state index contributed by atoms with van der Waals surface area (Å²) in [5.41, 5.74) is 1.92. The highest BCUT2D eigenvalue weighted by molar-refractivity contribution is 5.96. The fourth-order valence-electron chi connectivity index (χ4n) is 2.11. The van der Waals surface area contributed by atoms with Gasteiger partial charge in [-0.05, 0) is 17.5 Å². The van der Waals surface area contributed by atoms with Crippen molar-refractivity contribution >= 4 is 5.78 Å². The Morgan fingerprint density at radius 1 is 1.00 bits per heavy atom. The first kappa shape index (κ1) is 14.3. The number of hydrogen-bond acceptors (Lipinski definition) is 2. The van der Waals surface area contributed by atoms with Crippen LogP contribution in [0.1, 0.15) is 42.1 Å². The first-order chi connectivity index (χ1) is 9.68. The number of ether oxygens (including phenoxy) is 1. The van der Waals surface area contributed by atoms with Gasteiger partial charge in [0.2, 0.25) is 0 Å². The molecule has 0 aliphatic rings. The Bertz CT molecular complexity index is 559. The van der Waals surface area contributed by atoms with Crippen molar-refractivity contribution < 1.29 is 9.53 Å². The summed E-state index contributed by atoms with van der Waals surface area (Å²) in [5, 5.41) is 0. The topological polar surface area (TPSA) is 26.3 Å². The molecule has 0 heterocycles. The second-order valence-electron chi connectivity index (χ2n) is 5.08. The van der Waals surface area contributed by atoms with E-state index in [2.05, 4.69) is 19.9 Å². The lowest BCUT2D eigenvalue weighted by Crippen LogP contribution is -2.07. The van der Waals surface area contributed by atoms with Gasteiger partial charge in [0.25, 0.3) is 0 Å². The first-order valence-corrected chi connectivity index (χ1v) is 6.98. The molecule has 2 rings (SSSR count). The number of para-hydroxylation sites is 1. The first-order valence-electron chi connectivity index (χ1n) is 6.98. The molecule has 2 aromatic carbocycles. The Labute approximate surface area is 120 Å². The molecule has 0 N–H and O–H groups in total. The van der Waals surface area contributed by atoms with Gasteiger partial charge < -0.3 is 4.74 Å². The second kappa shape index (κ2) is 6.90. The zero-order chi connectivity index (χ0) is 14.4. The van der Waals surface area contributed by atoms with Gasteiger partial charge in [0.1, 0.15) is 5.75 Å². The zero-order valence-corrected chi connectivity index (χ0v) is 12.0. The van der Waals surface area contributed by atoms with Gasteiger partial charge in [0.05, 0.1) is 6.61 Å². The summed E-state index contributed by atoms with van der Waals surface area (Å²) in [6.45, 7) is 4.69. The Morgan fingerprint density at radius 3 is 2.35 bits per heavy atom. The summed E-state index contributed by atoms with van der Waals surface area (Å²) in [7, 11) is 0. The molecular weight excluding hydrogens is 248 g/mol. The summed E-state index contributed by atoms with van der Waals surface area (Å²) in [6.07, 6.45) is 0.399. The van der Waals surface area contributed by atoms with Crippen LogP contribution >= 0.6 is 0 Å². The van der Waals surface area contributed by atoms with Crippen LogP contribution in [0, 0.1) is 0 Å². The Balaban J connectivity index is 1.92. The van der Waals surface area contributed by atoms with Crippen molar-refractivity contribution in [2.24, 2.45) is 0 Å². The van der Waals surface area contributed by atoms with Crippen molar-refractivity contribution in [2.45, 2.75) is 26.2 Å². The van der Waals surface area contributed by atoms with E-state index in [0.717, 1.165) is 11.3 Å². The average molecular weight is 268 g/mol. The highest BCUT2D eigenvalue weighted by Crippen LogP contribution is 2.25. The lowest BCUT2D eigenvalue weighted by atomic mass is 10.0. The Kier molecular flexibility index (Phi) is 4.94. The molecule has 2 heteroatoms. The molecule has 0 unspecified atom stereocenters. The maximum Gasteiger partial charge on any atom is 0.166 e. The molecule has 0 radical (unpaired) electrons. The quantitative estimate of drug-likeness (QED) is 0.723. The van der Waals surface area contributed by atoms with Crippen molar-refractivity contribution in [1.29, 1.82) is 0 Å². The number of benzene rings is 2. The molecule has 0 atom stereocenters. The van der Waals surface area contributed by atoms with Crippen LogP contribution in [0.3, 0.4) is 0 Å². The summed E-state index contributed by atoms with van der Waals surface area (Å²) in [4.78, 5) is 12.0. The third-order valence-corrected chi connectivity index (χ3v) is 3.22. The van der Waals surface area contributed by atoms with E-state index in [1.165, 1.54) is 5.56 Å². The molecule has 0 spiro atoms. The van der Waals surface area contributed by atoms with Gasteiger partial charge in [0.15, 0.2) is 5.78 Å². The van der Waals surface area contributed by atoms with Gasteiger partial charge in [-0.1, -0.05) is 62.4 Å². The van der Waals surface area contributed by atoms with Crippen molar-refractivity contribution in [1.82, 2.24) is 0 Å². The molecule has 0 aliphatic heterocycles. The lowest BCUT2D eigenvalue weighted by Gasteiger charge is -2.13. The zero-order valence-electron chi connectivity index (χ0n) is 12.0. The van der Waals surface area contributed by atoms with Gasteiger partial charge in [-0.3, -0.25) is 4.79 Å². The summed E-state index contributed by atoms with van der Waals surface area (Å²) < 4.78 is 5.77. The predicted octanol–water partition coefficient (Wildman–Crippen LogP) is 4.46. The summed E-state index contributed by atoms with van der Waals surface area (Å²) in [6, 6.07) is 17.3. The highest BCUT2D eigenvalue weighted by Gasteiger charge is 2.09. The average Bonchev–Trinajstić information content (AvgIpc) is 2.48.